The molecule has 0 aliphatic rings. The predicted octanol–water partition coefficient (Wildman–Crippen LogP) is 4.36. The summed E-state index contributed by atoms with van der Waals surface area (Å²) in [5.74, 6) is 1.32. The van der Waals surface area contributed by atoms with Gasteiger partial charge in [0.25, 0.3) is 0 Å². The highest BCUT2D eigenvalue weighted by Crippen LogP contribution is 2.30. The fourth-order valence-corrected chi connectivity index (χ4v) is 3.72. The summed E-state index contributed by atoms with van der Waals surface area (Å²) in [6.45, 7) is 6.98. The molecule has 0 saturated heterocycles. The van der Waals surface area contributed by atoms with E-state index in [2.05, 4.69) is 28.5 Å². The molecule has 8 heteroatoms. The molecule has 0 bridgehead atoms. The van der Waals surface area contributed by atoms with Crippen LogP contribution in [0.25, 0.3) is 5.69 Å². The molecule has 0 spiro atoms. The van der Waals surface area contributed by atoms with E-state index in [1.165, 1.54) is 17.3 Å². The third kappa shape index (κ3) is 5.33. The van der Waals surface area contributed by atoms with Gasteiger partial charge in [-0.15, -0.1) is 10.2 Å². The molecule has 0 aliphatic carbocycles. The van der Waals surface area contributed by atoms with Crippen molar-refractivity contribution >= 4 is 23.4 Å². The Morgan fingerprint density at radius 1 is 1.10 bits per heavy atom. The van der Waals surface area contributed by atoms with Crippen LogP contribution in [0.3, 0.4) is 0 Å². The number of carbonyl (C=O) groups excluding carboxylic acids is 1. The fraction of sp³-hybridized carbons (Fsp3) is 0.318. The normalized spacial score (nSPS) is 10.6. The zero-order valence-electron chi connectivity index (χ0n) is 17.4. The summed E-state index contributed by atoms with van der Waals surface area (Å²) in [6.07, 6.45) is 2.57. The third-order valence-corrected chi connectivity index (χ3v) is 5.26. The number of para-hydroxylation sites is 1. The molecule has 30 heavy (non-hydrogen) atoms. The van der Waals surface area contributed by atoms with Crippen LogP contribution in [0.1, 0.15) is 26.3 Å². The maximum atomic E-state index is 12.6. The molecule has 0 saturated carbocycles. The van der Waals surface area contributed by atoms with Crippen LogP contribution in [-0.2, 0) is 11.2 Å². The largest absolute Gasteiger partial charge is 0.494 e. The van der Waals surface area contributed by atoms with Crippen LogP contribution < -0.4 is 14.8 Å². The van der Waals surface area contributed by atoms with Gasteiger partial charge in [-0.3, -0.25) is 9.36 Å². The monoisotopic (exact) mass is 426 g/mol. The number of rotatable bonds is 10. The highest BCUT2D eigenvalue weighted by Gasteiger charge is 2.14. The average molecular weight is 427 g/mol. The van der Waals surface area contributed by atoms with E-state index < -0.39 is 0 Å². The molecule has 0 unspecified atom stereocenters. The smallest absolute Gasteiger partial charge is 0.234 e. The molecule has 0 fully saturated rings. The number of thioether (sulfide) groups is 1. The SMILES string of the molecule is CCOc1ccc(OCC)c(NC(=O)CSc2nncn2-c2ccccc2CC)c1. The van der Waals surface area contributed by atoms with E-state index in [-0.39, 0.29) is 11.7 Å². The molecule has 158 valence electrons. The Labute approximate surface area is 180 Å². The van der Waals surface area contributed by atoms with Crippen LogP contribution in [0, 0.1) is 0 Å². The Hall–Kier alpha value is -3.00. The molecule has 1 N–H and O–H groups in total. The lowest BCUT2D eigenvalue weighted by molar-refractivity contribution is -0.113. The van der Waals surface area contributed by atoms with Crippen molar-refractivity contribution in [2.45, 2.75) is 32.3 Å². The minimum atomic E-state index is -0.159. The van der Waals surface area contributed by atoms with Crippen LogP contribution in [0.2, 0.25) is 0 Å². The number of amides is 1. The van der Waals surface area contributed by atoms with E-state index in [1.54, 1.807) is 18.5 Å². The van der Waals surface area contributed by atoms with Crippen LogP contribution in [-0.4, -0.2) is 39.6 Å². The van der Waals surface area contributed by atoms with E-state index in [9.17, 15) is 4.79 Å². The second-order valence-corrected chi connectivity index (χ2v) is 7.27. The average Bonchev–Trinajstić information content (AvgIpc) is 3.23. The number of aryl methyl sites for hydroxylation is 1. The van der Waals surface area contributed by atoms with Gasteiger partial charge in [-0.25, -0.2) is 0 Å². The van der Waals surface area contributed by atoms with Gasteiger partial charge in [0.15, 0.2) is 5.16 Å². The molecule has 0 aliphatic heterocycles. The van der Waals surface area contributed by atoms with Crippen molar-refractivity contribution < 1.29 is 14.3 Å². The Kier molecular flexibility index (Phi) is 7.73. The number of aromatic nitrogens is 3. The summed E-state index contributed by atoms with van der Waals surface area (Å²) in [6, 6.07) is 13.5. The van der Waals surface area contributed by atoms with Crippen molar-refractivity contribution in [2.75, 3.05) is 24.3 Å². The van der Waals surface area contributed by atoms with Crippen LogP contribution in [0.4, 0.5) is 5.69 Å². The van der Waals surface area contributed by atoms with Crippen molar-refractivity contribution in [2.24, 2.45) is 0 Å². The lowest BCUT2D eigenvalue weighted by Gasteiger charge is -2.14. The maximum Gasteiger partial charge on any atom is 0.234 e. The standard InChI is InChI=1S/C22H26N4O3S/c1-4-16-9-7-8-10-19(16)26-15-23-25-22(26)30-14-21(27)24-18-13-17(28-5-2)11-12-20(18)29-6-3/h7-13,15H,4-6,14H2,1-3H3,(H,24,27). The van der Waals surface area contributed by atoms with Crippen LogP contribution >= 0.6 is 11.8 Å². The minimum Gasteiger partial charge on any atom is -0.494 e. The van der Waals surface area contributed by atoms with E-state index in [4.69, 9.17) is 9.47 Å². The molecule has 0 atom stereocenters. The first-order chi connectivity index (χ1) is 14.7. The van der Waals surface area contributed by atoms with Gasteiger partial charge >= 0.3 is 0 Å². The van der Waals surface area contributed by atoms with Gasteiger partial charge in [-0.2, -0.15) is 0 Å². The highest BCUT2D eigenvalue weighted by atomic mass is 32.2. The van der Waals surface area contributed by atoms with Gasteiger partial charge in [0.05, 0.1) is 30.3 Å². The number of anilines is 1. The van der Waals surface area contributed by atoms with Crippen molar-refractivity contribution in [3.8, 4) is 17.2 Å². The number of nitrogens with one attached hydrogen (secondary N) is 1. The Morgan fingerprint density at radius 2 is 1.90 bits per heavy atom. The molecule has 3 aromatic rings. The Morgan fingerprint density at radius 3 is 2.67 bits per heavy atom. The van der Waals surface area contributed by atoms with Gasteiger partial charge in [-0.1, -0.05) is 36.9 Å². The van der Waals surface area contributed by atoms with Gasteiger partial charge in [0.2, 0.25) is 5.91 Å². The van der Waals surface area contributed by atoms with Crippen molar-refractivity contribution in [1.82, 2.24) is 14.8 Å². The summed E-state index contributed by atoms with van der Waals surface area (Å²) < 4.78 is 13.1. The summed E-state index contributed by atoms with van der Waals surface area (Å²) in [4.78, 5) is 12.6. The Balaban J connectivity index is 1.70. The molecule has 1 aromatic heterocycles. The van der Waals surface area contributed by atoms with Crippen LogP contribution in [0.5, 0.6) is 11.5 Å². The fourth-order valence-electron chi connectivity index (χ4n) is 2.99. The minimum absolute atomic E-state index is 0.159. The van der Waals surface area contributed by atoms with E-state index in [0.717, 1.165) is 12.1 Å². The zero-order chi connectivity index (χ0) is 21.3. The van der Waals surface area contributed by atoms with E-state index in [0.29, 0.717) is 35.6 Å². The number of ether oxygens (including phenoxy) is 2. The van der Waals surface area contributed by atoms with E-state index in [1.807, 2.05) is 42.7 Å². The lowest BCUT2D eigenvalue weighted by atomic mass is 10.1. The topological polar surface area (TPSA) is 78.3 Å². The van der Waals surface area contributed by atoms with Crippen molar-refractivity contribution in [3.63, 3.8) is 0 Å². The predicted molar refractivity (Wildman–Crippen MR) is 119 cm³/mol. The molecular formula is C22H26N4O3S. The second-order valence-electron chi connectivity index (χ2n) is 6.33. The number of benzene rings is 2. The molecule has 7 nitrogen and oxygen atoms in total. The number of hydrogen-bond acceptors (Lipinski definition) is 6. The Bertz CT molecular complexity index is 990. The summed E-state index contributed by atoms with van der Waals surface area (Å²) in [7, 11) is 0. The van der Waals surface area contributed by atoms with Crippen molar-refractivity contribution in [1.29, 1.82) is 0 Å². The molecular weight excluding hydrogens is 400 g/mol. The molecule has 2 aromatic carbocycles. The number of hydrogen-bond donors (Lipinski definition) is 1. The lowest BCUT2D eigenvalue weighted by Crippen LogP contribution is -2.15. The first kappa shape index (κ1) is 21.7. The molecule has 1 amide bonds. The maximum absolute atomic E-state index is 12.6. The zero-order valence-corrected chi connectivity index (χ0v) is 18.2. The van der Waals surface area contributed by atoms with Gasteiger partial charge in [-0.05, 0) is 44.0 Å². The van der Waals surface area contributed by atoms with E-state index >= 15 is 0 Å². The molecule has 3 rings (SSSR count). The number of carbonyl (C=O) groups is 1. The quantitative estimate of drug-likeness (QED) is 0.486. The highest BCUT2D eigenvalue weighted by molar-refractivity contribution is 7.99. The van der Waals surface area contributed by atoms with Gasteiger partial charge < -0.3 is 14.8 Å². The summed E-state index contributed by atoms with van der Waals surface area (Å²) >= 11 is 1.33. The summed E-state index contributed by atoms with van der Waals surface area (Å²) in [5, 5.41) is 11.8. The van der Waals surface area contributed by atoms with Crippen LogP contribution in [0.15, 0.2) is 53.9 Å². The first-order valence-corrected chi connectivity index (χ1v) is 10.9. The number of nitrogens with zero attached hydrogens (tertiary/aromatic N) is 3. The summed E-state index contributed by atoms with van der Waals surface area (Å²) in [5.41, 5.74) is 2.81. The first-order valence-electron chi connectivity index (χ1n) is 9.96. The third-order valence-electron chi connectivity index (χ3n) is 4.32. The van der Waals surface area contributed by atoms with Gasteiger partial charge in [0.1, 0.15) is 17.8 Å². The van der Waals surface area contributed by atoms with Gasteiger partial charge in [0, 0.05) is 6.07 Å². The molecule has 0 radical (unpaired) electrons. The molecule has 1 heterocycles. The second kappa shape index (κ2) is 10.7. The van der Waals surface area contributed by atoms with Crippen molar-refractivity contribution in [3.05, 3.63) is 54.4 Å².